The third kappa shape index (κ3) is 3.77. The van der Waals surface area contributed by atoms with Crippen molar-refractivity contribution in [3.05, 3.63) is 0 Å². The molecule has 0 spiro atoms. The van der Waals surface area contributed by atoms with Crippen molar-refractivity contribution >= 4 is 5.97 Å². The number of hydrogen-bond donors (Lipinski definition) is 2. The van der Waals surface area contributed by atoms with E-state index in [2.05, 4.69) is 0 Å². The Hall–Kier alpha value is -0.570. The molecule has 0 heterocycles. The first-order valence-electron chi connectivity index (χ1n) is 5.07. The number of aliphatic carboxylic acids is 1. The Balaban J connectivity index is 2.07. The van der Waals surface area contributed by atoms with Crippen LogP contribution in [0.15, 0.2) is 0 Å². The van der Waals surface area contributed by atoms with Crippen molar-refractivity contribution in [2.75, 3.05) is 0 Å². The molecule has 2 N–H and O–H groups in total. The lowest BCUT2D eigenvalue weighted by Gasteiger charge is -2.21. The summed E-state index contributed by atoms with van der Waals surface area (Å²) < 4.78 is 0. The van der Waals surface area contributed by atoms with E-state index in [1.807, 2.05) is 0 Å². The molecule has 76 valence electrons. The number of carbonyl (C=O) groups is 1. The third-order valence-electron chi connectivity index (χ3n) is 2.82. The Morgan fingerprint density at radius 3 is 2.38 bits per heavy atom. The first-order chi connectivity index (χ1) is 6.12. The Morgan fingerprint density at radius 1 is 1.23 bits per heavy atom. The molecule has 0 atom stereocenters. The van der Waals surface area contributed by atoms with E-state index in [-0.39, 0.29) is 6.42 Å². The van der Waals surface area contributed by atoms with Gasteiger partial charge in [0.15, 0.2) is 0 Å². The highest BCUT2D eigenvalue weighted by Gasteiger charge is 2.29. The summed E-state index contributed by atoms with van der Waals surface area (Å²) in [6, 6.07) is 0. The van der Waals surface area contributed by atoms with Crippen molar-refractivity contribution in [1.82, 2.24) is 0 Å². The van der Waals surface area contributed by atoms with Crippen LogP contribution in [0.2, 0.25) is 0 Å². The Labute approximate surface area is 78.8 Å². The molecule has 1 aliphatic carbocycles. The number of aliphatic hydroxyl groups is 1. The first kappa shape index (κ1) is 10.5. The Bertz CT molecular complexity index is 171. The lowest BCUT2D eigenvalue weighted by atomic mass is 9.95. The minimum absolute atomic E-state index is 0.232. The molecule has 0 unspecified atom stereocenters. The van der Waals surface area contributed by atoms with Gasteiger partial charge in [0.2, 0.25) is 0 Å². The van der Waals surface area contributed by atoms with Gasteiger partial charge in [-0.3, -0.25) is 4.79 Å². The molecule has 0 bridgehead atoms. The summed E-state index contributed by atoms with van der Waals surface area (Å²) in [5.41, 5.74) is -0.460. The molecule has 0 aromatic heterocycles. The van der Waals surface area contributed by atoms with Gasteiger partial charge in [0, 0.05) is 6.42 Å². The van der Waals surface area contributed by atoms with Crippen LogP contribution in [0.4, 0.5) is 0 Å². The van der Waals surface area contributed by atoms with E-state index in [1.165, 1.54) is 0 Å². The second kappa shape index (κ2) is 4.61. The van der Waals surface area contributed by atoms with Crippen LogP contribution in [0, 0.1) is 0 Å². The second-order valence-electron chi connectivity index (χ2n) is 4.03. The van der Waals surface area contributed by atoms with Crippen molar-refractivity contribution in [3.8, 4) is 0 Å². The normalized spacial score (nSPS) is 20.4. The quantitative estimate of drug-likeness (QED) is 0.645. The predicted molar refractivity (Wildman–Crippen MR) is 49.5 cm³/mol. The van der Waals surface area contributed by atoms with Gasteiger partial charge in [0.05, 0.1) is 5.60 Å². The fourth-order valence-electron chi connectivity index (χ4n) is 2.01. The van der Waals surface area contributed by atoms with Crippen molar-refractivity contribution in [2.24, 2.45) is 0 Å². The van der Waals surface area contributed by atoms with Gasteiger partial charge in [0.25, 0.3) is 0 Å². The summed E-state index contributed by atoms with van der Waals surface area (Å²) in [5.74, 6) is -0.738. The van der Waals surface area contributed by atoms with E-state index < -0.39 is 11.6 Å². The lowest BCUT2D eigenvalue weighted by Crippen LogP contribution is -2.23. The van der Waals surface area contributed by atoms with Gasteiger partial charge in [-0.25, -0.2) is 0 Å². The van der Waals surface area contributed by atoms with E-state index in [9.17, 15) is 9.90 Å². The monoisotopic (exact) mass is 186 g/mol. The van der Waals surface area contributed by atoms with Crippen LogP contribution < -0.4 is 0 Å². The number of unbranched alkanes of at least 4 members (excludes halogenated alkanes) is 1. The molecule has 3 heteroatoms. The molecule has 1 saturated carbocycles. The number of rotatable bonds is 5. The van der Waals surface area contributed by atoms with Gasteiger partial charge in [-0.1, -0.05) is 19.3 Å². The van der Waals surface area contributed by atoms with Crippen LogP contribution in [-0.4, -0.2) is 21.8 Å². The molecule has 0 aliphatic heterocycles. The van der Waals surface area contributed by atoms with Crippen LogP contribution in [0.25, 0.3) is 0 Å². The summed E-state index contributed by atoms with van der Waals surface area (Å²) in [6.45, 7) is 0. The maximum Gasteiger partial charge on any atom is 0.303 e. The summed E-state index contributed by atoms with van der Waals surface area (Å²) in [6.07, 6.45) is 6.59. The molecule has 0 amide bonds. The number of carboxylic acid groups (broad SMARTS) is 1. The minimum atomic E-state index is -0.738. The molecule has 0 aromatic rings. The summed E-state index contributed by atoms with van der Waals surface area (Å²) in [7, 11) is 0. The summed E-state index contributed by atoms with van der Waals surface area (Å²) >= 11 is 0. The molecular formula is C10H18O3. The van der Waals surface area contributed by atoms with E-state index in [0.29, 0.717) is 6.42 Å². The van der Waals surface area contributed by atoms with E-state index >= 15 is 0 Å². The fraction of sp³-hybridized carbons (Fsp3) is 0.900. The lowest BCUT2D eigenvalue weighted by molar-refractivity contribution is -0.137. The van der Waals surface area contributed by atoms with Gasteiger partial charge < -0.3 is 10.2 Å². The SMILES string of the molecule is O=C(O)CCCCC1(O)CCCC1. The minimum Gasteiger partial charge on any atom is -0.481 e. The van der Waals surface area contributed by atoms with E-state index in [0.717, 1.165) is 38.5 Å². The molecule has 3 nitrogen and oxygen atoms in total. The van der Waals surface area contributed by atoms with Gasteiger partial charge in [-0.15, -0.1) is 0 Å². The molecular weight excluding hydrogens is 168 g/mol. The second-order valence-corrected chi connectivity index (χ2v) is 4.03. The van der Waals surface area contributed by atoms with Gasteiger partial charge in [0.1, 0.15) is 0 Å². The highest BCUT2D eigenvalue weighted by Crippen LogP contribution is 2.33. The van der Waals surface area contributed by atoms with Crippen LogP contribution in [0.5, 0.6) is 0 Å². The number of carboxylic acids is 1. The molecule has 0 radical (unpaired) electrons. The summed E-state index contributed by atoms with van der Waals surface area (Å²) in [5, 5.41) is 18.3. The summed E-state index contributed by atoms with van der Waals surface area (Å²) in [4.78, 5) is 10.2. The zero-order valence-electron chi connectivity index (χ0n) is 7.96. The third-order valence-corrected chi connectivity index (χ3v) is 2.82. The zero-order valence-corrected chi connectivity index (χ0v) is 7.96. The maximum atomic E-state index is 10.2. The predicted octanol–water partition coefficient (Wildman–Crippen LogP) is 1.94. The average Bonchev–Trinajstić information content (AvgIpc) is 2.47. The average molecular weight is 186 g/mol. The molecule has 1 fully saturated rings. The smallest absolute Gasteiger partial charge is 0.303 e. The molecule has 0 aromatic carbocycles. The van der Waals surface area contributed by atoms with Crippen molar-refractivity contribution in [2.45, 2.75) is 57.0 Å². The van der Waals surface area contributed by atoms with Crippen molar-refractivity contribution < 1.29 is 15.0 Å². The topological polar surface area (TPSA) is 57.5 Å². The van der Waals surface area contributed by atoms with E-state index in [4.69, 9.17) is 5.11 Å². The highest BCUT2D eigenvalue weighted by molar-refractivity contribution is 5.66. The molecule has 13 heavy (non-hydrogen) atoms. The van der Waals surface area contributed by atoms with E-state index in [1.54, 1.807) is 0 Å². The Kier molecular flexibility index (Phi) is 3.72. The molecule has 0 saturated heterocycles. The van der Waals surface area contributed by atoms with Gasteiger partial charge >= 0.3 is 5.97 Å². The molecule has 1 rings (SSSR count). The zero-order chi connectivity index (χ0) is 9.73. The van der Waals surface area contributed by atoms with Crippen LogP contribution >= 0.6 is 0 Å². The van der Waals surface area contributed by atoms with Crippen molar-refractivity contribution in [1.29, 1.82) is 0 Å². The fourth-order valence-corrected chi connectivity index (χ4v) is 2.01. The number of hydrogen-bond acceptors (Lipinski definition) is 2. The standard InChI is InChI=1S/C10H18O3/c11-9(12)5-1-2-6-10(13)7-3-4-8-10/h13H,1-8H2,(H,11,12). The van der Waals surface area contributed by atoms with Gasteiger partial charge in [-0.2, -0.15) is 0 Å². The largest absolute Gasteiger partial charge is 0.481 e. The van der Waals surface area contributed by atoms with Crippen LogP contribution in [0.3, 0.4) is 0 Å². The van der Waals surface area contributed by atoms with Crippen LogP contribution in [-0.2, 0) is 4.79 Å². The highest BCUT2D eigenvalue weighted by atomic mass is 16.4. The van der Waals surface area contributed by atoms with Crippen LogP contribution in [0.1, 0.15) is 51.4 Å². The van der Waals surface area contributed by atoms with Gasteiger partial charge in [-0.05, 0) is 25.7 Å². The molecule has 1 aliphatic rings. The van der Waals surface area contributed by atoms with Crippen molar-refractivity contribution in [3.63, 3.8) is 0 Å². The Morgan fingerprint density at radius 2 is 1.85 bits per heavy atom. The first-order valence-corrected chi connectivity index (χ1v) is 5.07. The maximum absolute atomic E-state index is 10.2.